The second-order valence-corrected chi connectivity index (χ2v) is 5.80. The Bertz CT molecular complexity index is 585. The molecule has 4 heteroatoms. The first kappa shape index (κ1) is 12.9. The Morgan fingerprint density at radius 3 is 2.79 bits per heavy atom. The van der Waals surface area contributed by atoms with Gasteiger partial charge in [-0.15, -0.1) is 5.10 Å². The number of hydrogen-bond donors (Lipinski definition) is 0. The summed E-state index contributed by atoms with van der Waals surface area (Å²) in [6.45, 7) is 3.11. The van der Waals surface area contributed by atoms with Crippen molar-refractivity contribution in [1.29, 1.82) is 0 Å². The van der Waals surface area contributed by atoms with E-state index >= 15 is 0 Å². The van der Waals surface area contributed by atoms with Crippen molar-refractivity contribution >= 4 is 32.5 Å². The fraction of sp³-hybridized carbons (Fsp3) is 0.467. The van der Waals surface area contributed by atoms with Gasteiger partial charge in [-0.1, -0.05) is 40.2 Å². The number of piperidine rings is 1. The standard InChI is InChI=1S/C15H18BrN3/c1-11-13-7-2-3-8-14(13)15(18-17-11)19-9-5-4-6-12(19)10-16/h2-3,7-8,12H,4-6,9-10H2,1H3. The Kier molecular flexibility index (Phi) is 3.69. The molecule has 2 aromatic rings. The SMILES string of the molecule is Cc1nnc(N2CCCCC2CBr)c2ccccc12. The van der Waals surface area contributed by atoms with E-state index in [2.05, 4.69) is 55.3 Å². The number of hydrogen-bond acceptors (Lipinski definition) is 3. The van der Waals surface area contributed by atoms with Crippen molar-refractivity contribution in [2.45, 2.75) is 32.2 Å². The van der Waals surface area contributed by atoms with Gasteiger partial charge in [-0.05, 0) is 26.2 Å². The highest BCUT2D eigenvalue weighted by Crippen LogP contribution is 2.30. The number of anilines is 1. The van der Waals surface area contributed by atoms with E-state index in [9.17, 15) is 0 Å². The zero-order chi connectivity index (χ0) is 13.2. The quantitative estimate of drug-likeness (QED) is 0.790. The van der Waals surface area contributed by atoms with Crippen LogP contribution in [0.5, 0.6) is 0 Å². The highest BCUT2D eigenvalue weighted by Gasteiger charge is 2.24. The molecule has 3 nitrogen and oxygen atoms in total. The van der Waals surface area contributed by atoms with Gasteiger partial charge in [0.2, 0.25) is 0 Å². The predicted octanol–water partition coefficient (Wildman–Crippen LogP) is 3.69. The summed E-state index contributed by atoms with van der Waals surface area (Å²) in [5.41, 5.74) is 1.01. The first-order chi connectivity index (χ1) is 9.31. The maximum Gasteiger partial charge on any atom is 0.159 e. The first-order valence-electron chi connectivity index (χ1n) is 6.86. The van der Waals surface area contributed by atoms with E-state index in [1.54, 1.807) is 0 Å². The molecule has 0 radical (unpaired) electrons. The number of alkyl halides is 1. The molecule has 1 aromatic carbocycles. The minimum absolute atomic E-state index is 0.536. The summed E-state index contributed by atoms with van der Waals surface area (Å²) in [5.74, 6) is 1.05. The molecule has 0 spiro atoms. The highest BCUT2D eigenvalue weighted by molar-refractivity contribution is 9.09. The normalized spacial score (nSPS) is 19.9. The van der Waals surface area contributed by atoms with Gasteiger partial charge in [0.05, 0.1) is 5.69 Å². The van der Waals surface area contributed by atoms with Crippen LogP contribution in [0.1, 0.15) is 25.0 Å². The molecule has 0 saturated carbocycles. The van der Waals surface area contributed by atoms with Crippen LogP contribution in [0, 0.1) is 6.92 Å². The maximum atomic E-state index is 4.48. The molecule has 2 heterocycles. The number of rotatable bonds is 2. The van der Waals surface area contributed by atoms with Crippen molar-refractivity contribution < 1.29 is 0 Å². The van der Waals surface area contributed by atoms with Crippen LogP contribution in [0.4, 0.5) is 5.82 Å². The first-order valence-corrected chi connectivity index (χ1v) is 7.98. The summed E-state index contributed by atoms with van der Waals surface area (Å²) < 4.78 is 0. The topological polar surface area (TPSA) is 29.0 Å². The number of nitrogens with zero attached hydrogens (tertiary/aromatic N) is 3. The summed E-state index contributed by atoms with van der Waals surface area (Å²) >= 11 is 3.64. The third-order valence-electron chi connectivity index (χ3n) is 3.93. The van der Waals surface area contributed by atoms with Crippen LogP contribution in [0.15, 0.2) is 24.3 Å². The third kappa shape index (κ3) is 2.34. The molecule has 1 aliphatic heterocycles. The van der Waals surface area contributed by atoms with Gasteiger partial charge in [-0.3, -0.25) is 0 Å². The summed E-state index contributed by atoms with van der Waals surface area (Å²) in [4.78, 5) is 2.42. The van der Waals surface area contributed by atoms with Crippen LogP contribution in [-0.4, -0.2) is 28.1 Å². The Labute approximate surface area is 122 Å². The number of benzene rings is 1. The molecule has 0 amide bonds. The molecule has 1 atom stereocenters. The van der Waals surface area contributed by atoms with Crippen LogP contribution in [-0.2, 0) is 0 Å². The van der Waals surface area contributed by atoms with Crippen LogP contribution in [0.3, 0.4) is 0 Å². The molecule has 1 unspecified atom stereocenters. The fourth-order valence-corrected chi connectivity index (χ4v) is 3.55. The number of fused-ring (bicyclic) bond motifs is 1. The smallest absolute Gasteiger partial charge is 0.159 e. The zero-order valence-electron chi connectivity index (χ0n) is 11.1. The van der Waals surface area contributed by atoms with E-state index in [1.807, 2.05) is 6.92 Å². The zero-order valence-corrected chi connectivity index (χ0v) is 12.7. The van der Waals surface area contributed by atoms with Crippen LogP contribution in [0.2, 0.25) is 0 Å². The Balaban J connectivity index is 2.11. The molecule has 1 aromatic heterocycles. The monoisotopic (exact) mass is 319 g/mol. The second-order valence-electron chi connectivity index (χ2n) is 5.15. The van der Waals surface area contributed by atoms with Crippen LogP contribution < -0.4 is 4.90 Å². The Morgan fingerprint density at radius 1 is 1.21 bits per heavy atom. The van der Waals surface area contributed by atoms with E-state index in [-0.39, 0.29) is 0 Å². The van der Waals surface area contributed by atoms with Crippen molar-refractivity contribution in [3.63, 3.8) is 0 Å². The minimum atomic E-state index is 0.536. The molecule has 0 aliphatic carbocycles. The summed E-state index contributed by atoms with van der Waals surface area (Å²) in [7, 11) is 0. The summed E-state index contributed by atoms with van der Waals surface area (Å²) in [6, 6.07) is 8.98. The maximum absolute atomic E-state index is 4.48. The largest absolute Gasteiger partial charge is 0.351 e. The molecule has 0 bridgehead atoms. The van der Waals surface area contributed by atoms with Crippen molar-refractivity contribution in [1.82, 2.24) is 10.2 Å². The van der Waals surface area contributed by atoms with Gasteiger partial charge in [0.25, 0.3) is 0 Å². The molecule has 1 fully saturated rings. The van der Waals surface area contributed by atoms with Gasteiger partial charge in [-0.2, -0.15) is 5.10 Å². The van der Waals surface area contributed by atoms with E-state index in [1.165, 1.54) is 30.0 Å². The number of aromatic nitrogens is 2. The van der Waals surface area contributed by atoms with Crippen LogP contribution in [0.25, 0.3) is 10.8 Å². The molecule has 19 heavy (non-hydrogen) atoms. The molecular weight excluding hydrogens is 302 g/mol. The molecular formula is C15H18BrN3. The molecule has 1 aliphatic rings. The van der Waals surface area contributed by atoms with Gasteiger partial charge >= 0.3 is 0 Å². The van der Waals surface area contributed by atoms with Gasteiger partial charge < -0.3 is 4.90 Å². The predicted molar refractivity (Wildman–Crippen MR) is 83.1 cm³/mol. The van der Waals surface area contributed by atoms with Gasteiger partial charge in [0.1, 0.15) is 0 Å². The molecule has 0 N–H and O–H groups in total. The highest BCUT2D eigenvalue weighted by atomic mass is 79.9. The second kappa shape index (κ2) is 5.45. The lowest BCUT2D eigenvalue weighted by Crippen LogP contribution is -2.41. The average molecular weight is 320 g/mol. The van der Waals surface area contributed by atoms with E-state index in [4.69, 9.17) is 0 Å². The van der Waals surface area contributed by atoms with E-state index < -0.39 is 0 Å². The lowest BCUT2D eigenvalue weighted by molar-refractivity contribution is 0.487. The Morgan fingerprint density at radius 2 is 2.00 bits per heavy atom. The van der Waals surface area contributed by atoms with Gasteiger partial charge in [-0.25, -0.2) is 0 Å². The van der Waals surface area contributed by atoms with Gasteiger partial charge in [0, 0.05) is 28.7 Å². The molecule has 3 rings (SSSR count). The number of aryl methyl sites for hydroxylation is 1. The fourth-order valence-electron chi connectivity index (χ4n) is 2.88. The lowest BCUT2D eigenvalue weighted by atomic mass is 10.0. The summed E-state index contributed by atoms with van der Waals surface area (Å²) in [6.07, 6.45) is 3.78. The van der Waals surface area contributed by atoms with Crippen molar-refractivity contribution in [3.8, 4) is 0 Å². The van der Waals surface area contributed by atoms with E-state index in [0.717, 1.165) is 23.4 Å². The summed E-state index contributed by atoms with van der Waals surface area (Å²) in [5, 5.41) is 12.3. The van der Waals surface area contributed by atoms with Gasteiger partial charge in [0.15, 0.2) is 5.82 Å². The molecule has 100 valence electrons. The van der Waals surface area contributed by atoms with Crippen molar-refractivity contribution in [2.75, 3.05) is 16.8 Å². The van der Waals surface area contributed by atoms with Crippen LogP contribution >= 0.6 is 15.9 Å². The molecule has 1 saturated heterocycles. The minimum Gasteiger partial charge on any atom is -0.351 e. The lowest BCUT2D eigenvalue weighted by Gasteiger charge is -2.36. The average Bonchev–Trinajstić information content (AvgIpc) is 2.48. The third-order valence-corrected chi connectivity index (χ3v) is 4.68. The van der Waals surface area contributed by atoms with E-state index in [0.29, 0.717) is 6.04 Å². The Hall–Kier alpha value is -1.16. The van der Waals surface area contributed by atoms with Crippen molar-refractivity contribution in [3.05, 3.63) is 30.0 Å². The number of halogens is 1. The van der Waals surface area contributed by atoms with Crippen molar-refractivity contribution in [2.24, 2.45) is 0 Å².